The van der Waals surface area contributed by atoms with Gasteiger partial charge in [0.15, 0.2) is 0 Å². The third-order valence-electron chi connectivity index (χ3n) is 13.0. The van der Waals surface area contributed by atoms with Gasteiger partial charge in [-0.3, -0.25) is 0 Å². The summed E-state index contributed by atoms with van der Waals surface area (Å²) in [4.78, 5) is 0. The zero-order chi connectivity index (χ0) is 24.4. The lowest BCUT2D eigenvalue weighted by Crippen LogP contribution is -2.71. The van der Waals surface area contributed by atoms with Crippen LogP contribution >= 0.6 is 0 Å². The molecular weight excluding hydrogens is 408 g/mol. The molecule has 0 aromatic carbocycles. The second kappa shape index (κ2) is 6.88. The minimum Gasteiger partial charge on any atom is -0.393 e. The maximum absolute atomic E-state index is 11.8. The lowest BCUT2D eigenvalue weighted by Gasteiger charge is -2.72. The molecule has 0 aromatic rings. The van der Waals surface area contributed by atoms with Gasteiger partial charge < -0.3 is 15.3 Å². The predicted octanol–water partition coefficient (Wildman–Crippen LogP) is 6.11. The fourth-order valence-electron chi connectivity index (χ4n) is 10.6. The maximum Gasteiger partial charge on any atom is 0.0625 e. The van der Waals surface area contributed by atoms with Gasteiger partial charge >= 0.3 is 0 Å². The smallest absolute Gasteiger partial charge is 0.0625 e. The van der Waals surface area contributed by atoms with Crippen molar-refractivity contribution in [2.75, 3.05) is 0 Å². The summed E-state index contributed by atoms with van der Waals surface area (Å²) in [5.74, 6) is 0.854. The Hall–Kier alpha value is -0.380. The lowest BCUT2D eigenvalue weighted by atomic mass is 9.33. The molecule has 5 aliphatic rings. The molecule has 188 valence electrons. The van der Waals surface area contributed by atoms with Gasteiger partial charge in [-0.1, -0.05) is 67.0 Å². The van der Waals surface area contributed by atoms with Crippen LogP contribution in [0.1, 0.15) is 107 Å². The van der Waals surface area contributed by atoms with E-state index in [4.69, 9.17) is 0 Å². The Morgan fingerprint density at radius 1 is 0.788 bits per heavy atom. The largest absolute Gasteiger partial charge is 0.393 e. The molecule has 4 saturated carbocycles. The molecule has 0 heterocycles. The molecule has 3 heteroatoms. The molecule has 0 saturated heterocycles. The summed E-state index contributed by atoms with van der Waals surface area (Å²) >= 11 is 0. The van der Waals surface area contributed by atoms with Crippen LogP contribution in [0.2, 0.25) is 0 Å². The molecule has 2 unspecified atom stereocenters. The van der Waals surface area contributed by atoms with Gasteiger partial charge in [0.2, 0.25) is 0 Å². The van der Waals surface area contributed by atoms with Crippen LogP contribution in [0.3, 0.4) is 0 Å². The van der Waals surface area contributed by atoms with Crippen molar-refractivity contribution >= 4 is 0 Å². The van der Waals surface area contributed by atoms with Crippen molar-refractivity contribution in [3.8, 4) is 0 Å². The molecule has 0 bridgehead atoms. The zero-order valence-electron chi connectivity index (χ0n) is 22.5. The predicted molar refractivity (Wildman–Crippen MR) is 133 cm³/mol. The van der Waals surface area contributed by atoms with E-state index in [1.165, 1.54) is 32.1 Å². The van der Waals surface area contributed by atoms with Gasteiger partial charge in [-0.25, -0.2) is 0 Å². The molecule has 33 heavy (non-hydrogen) atoms. The fourth-order valence-corrected chi connectivity index (χ4v) is 10.6. The van der Waals surface area contributed by atoms with Crippen molar-refractivity contribution in [1.82, 2.24) is 0 Å². The van der Waals surface area contributed by atoms with Gasteiger partial charge in [0.25, 0.3) is 0 Å². The average molecular weight is 459 g/mol. The van der Waals surface area contributed by atoms with Crippen molar-refractivity contribution in [3.63, 3.8) is 0 Å². The number of hydrogen-bond donors (Lipinski definition) is 3. The highest BCUT2D eigenvalue weighted by molar-refractivity contribution is 5.34. The molecule has 0 aromatic heterocycles. The third kappa shape index (κ3) is 2.91. The monoisotopic (exact) mass is 458 g/mol. The average Bonchev–Trinajstić information content (AvgIpc) is 2.68. The van der Waals surface area contributed by atoms with Gasteiger partial charge in [-0.05, 0) is 83.9 Å². The highest BCUT2D eigenvalue weighted by Gasteiger charge is 2.71. The fraction of sp³-hybridized carbons (Fsp3) is 0.933. The van der Waals surface area contributed by atoms with Gasteiger partial charge in [0.1, 0.15) is 0 Å². The highest BCUT2D eigenvalue weighted by Crippen LogP contribution is 2.75. The molecule has 0 amide bonds. The van der Waals surface area contributed by atoms with E-state index in [0.717, 1.165) is 12.8 Å². The quantitative estimate of drug-likeness (QED) is 0.384. The van der Waals surface area contributed by atoms with E-state index in [-0.39, 0.29) is 16.7 Å². The number of aliphatic hydroxyl groups excluding tert-OH is 3. The second-order valence-electron chi connectivity index (χ2n) is 15.5. The van der Waals surface area contributed by atoms with Crippen molar-refractivity contribution in [3.05, 3.63) is 11.6 Å². The maximum atomic E-state index is 11.8. The summed E-state index contributed by atoms with van der Waals surface area (Å²) in [7, 11) is 0. The number of rotatable bonds is 0. The Labute approximate surface area is 202 Å². The Bertz CT molecular complexity index is 859. The van der Waals surface area contributed by atoms with E-state index in [0.29, 0.717) is 29.1 Å². The van der Waals surface area contributed by atoms with Crippen LogP contribution < -0.4 is 0 Å². The van der Waals surface area contributed by atoms with E-state index in [1.54, 1.807) is 5.57 Å². The molecule has 3 nitrogen and oxygen atoms in total. The molecule has 5 rings (SSSR count). The molecule has 4 fully saturated rings. The first kappa shape index (κ1) is 24.3. The van der Waals surface area contributed by atoms with Crippen LogP contribution in [0, 0.1) is 50.2 Å². The van der Waals surface area contributed by atoms with Crippen LogP contribution in [0.25, 0.3) is 0 Å². The first-order chi connectivity index (χ1) is 15.0. The Morgan fingerprint density at radius 2 is 1.42 bits per heavy atom. The van der Waals surface area contributed by atoms with E-state index in [9.17, 15) is 15.3 Å². The Morgan fingerprint density at radius 3 is 2.09 bits per heavy atom. The summed E-state index contributed by atoms with van der Waals surface area (Å²) in [6.45, 7) is 18.9. The van der Waals surface area contributed by atoms with Crippen molar-refractivity contribution < 1.29 is 15.3 Å². The normalized spacial score (nSPS) is 57.1. The molecule has 0 aliphatic heterocycles. The van der Waals surface area contributed by atoms with Gasteiger partial charge in [0, 0.05) is 17.8 Å². The van der Waals surface area contributed by atoms with Crippen LogP contribution in [0.15, 0.2) is 11.6 Å². The number of allylic oxidation sites excluding steroid dienone is 2. The number of hydrogen-bond acceptors (Lipinski definition) is 3. The van der Waals surface area contributed by atoms with Crippen molar-refractivity contribution in [2.24, 2.45) is 50.2 Å². The van der Waals surface area contributed by atoms with Crippen LogP contribution in [0.5, 0.6) is 0 Å². The minimum absolute atomic E-state index is 0.0516. The second-order valence-corrected chi connectivity index (χ2v) is 15.5. The first-order valence-corrected chi connectivity index (χ1v) is 13.8. The third-order valence-corrected chi connectivity index (χ3v) is 13.0. The standard InChI is InChI=1S/C30H50O3/c1-25(2)11-12-27(5)13-14-28(6)18(19(27)16-25)9-10-21-29(28,7)17-20(31)24-26(3,4)22(32)15-23(33)30(21,24)8/h9,19-24,31-33H,10-17H2,1-8H3/t19-,20+,21?,22-,23-,24?,27+,28+,29+,30-/m0/s1. The summed E-state index contributed by atoms with van der Waals surface area (Å²) < 4.78 is 0. The molecule has 3 N–H and O–H groups in total. The molecule has 0 spiro atoms. The van der Waals surface area contributed by atoms with Crippen LogP contribution in [-0.2, 0) is 0 Å². The molecule has 0 radical (unpaired) electrons. The van der Waals surface area contributed by atoms with E-state index < -0.39 is 29.1 Å². The lowest BCUT2D eigenvalue weighted by molar-refractivity contribution is -0.274. The SMILES string of the molecule is CC1(C)CC[C@]2(C)CC[C@]3(C)C(=CCC4[C@]5(C)C([C@H](O)C[C@]43C)C(C)(C)[C@@H](O)C[C@@H]5O)[C@@H]2C1. The zero-order valence-corrected chi connectivity index (χ0v) is 22.5. The summed E-state index contributed by atoms with van der Waals surface area (Å²) in [6, 6.07) is 0. The van der Waals surface area contributed by atoms with Gasteiger partial charge in [-0.2, -0.15) is 0 Å². The van der Waals surface area contributed by atoms with E-state index in [2.05, 4.69) is 61.5 Å². The van der Waals surface area contributed by atoms with E-state index in [1.807, 2.05) is 0 Å². The topological polar surface area (TPSA) is 60.7 Å². The number of aliphatic hydroxyl groups is 3. The van der Waals surface area contributed by atoms with Crippen LogP contribution in [0.4, 0.5) is 0 Å². The Balaban J connectivity index is 1.63. The number of fused-ring (bicyclic) bond motifs is 7. The minimum atomic E-state index is -0.578. The van der Waals surface area contributed by atoms with Crippen LogP contribution in [-0.4, -0.2) is 33.6 Å². The molecular formula is C30H50O3. The summed E-state index contributed by atoms with van der Waals surface area (Å²) in [6.07, 6.45) is 9.54. The molecule has 10 atom stereocenters. The van der Waals surface area contributed by atoms with Gasteiger partial charge in [0.05, 0.1) is 18.3 Å². The summed E-state index contributed by atoms with van der Waals surface area (Å²) in [5.41, 5.74) is 1.68. The highest BCUT2D eigenvalue weighted by atomic mass is 16.3. The Kier molecular flexibility index (Phi) is 5.07. The first-order valence-electron chi connectivity index (χ1n) is 13.8. The molecule has 5 aliphatic carbocycles. The van der Waals surface area contributed by atoms with Crippen molar-refractivity contribution in [2.45, 2.75) is 125 Å². The van der Waals surface area contributed by atoms with Crippen molar-refractivity contribution in [1.29, 1.82) is 0 Å². The van der Waals surface area contributed by atoms with Gasteiger partial charge in [-0.15, -0.1) is 0 Å². The van der Waals surface area contributed by atoms with E-state index >= 15 is 0 Å². The summed E-state index contributed by atoms with van der Waals surface area (Å²) in [5, 5.41) is 34.2.